The Bertz CT molecular complexity index is 587. The monoisotopic (exact) mass is 304 g/mol. The van der Waals surface area contributed by atoms with Crippen LogP contribution in [0.4, 0.5) is 0 Å². The first kappa shape index (κ1) is 15.8. The van der Waals surface area contributed by atoms with E-state index < -0.39 is 0 Å². The van der Waals surface area contributed by atoms with E-state index >= 15 is 0 Å². The van der Waals surface area contributed by atoms with Gasteiger partial charge in [0.25, 0.3) is 0 Å². The van der Waals surface area contributed by atoms with Crippen LogP contribution in [0.1, 0.15) is 30.3 Å². The zero-order chi connectivity index (χ0) is 15.1. The molecular weight excluding hydrogens is 284 g/mol. The summed E-state index contributed by atoms with van der Waals surface area (Å²) in [5.74, 6) is 0.809. The maximum Gasteiger partial charge on any atom is 0.142 e. The van der Waals surface area contributed by atoms with Crippen molar-refractivity contribution in [3.8, 4) is 5.75 Å². The number of aromatic nitrogens is 1. The molecule has 0 fully saturated rings. The van der Waals surface area contributed by atoms with E-state index in [2.05, 4.69) is 17.2 Å². The number of benzene rings is 1. The van der Waals surface area contributed by atoms with Gasteiger partial charge in [0.2, 0.25) is 0 Å². The molecule has 0 saturated carbocycles. The fourth-order valence-electron chi connectivity index (χ4n) is 2.01. The SMILES string of the molecule is CCCNCc1nc(C)ccc1OCc1ccccc1Cl. The minimum Gasteiger partial charge on any atom is -0.487 e. The number of ether oxygens (including phenoxy) is 1. The Balaban J connectivity index is 2.06. The minimum absolute atomic E-state index is 0.450. The van der Waals surface area contributed by atoms with Crippen LogP contribution in [0.2, 0.25) is 5.02 Å². The summed E-state index contributed by atoms with van der Waals surface area (Å²) < 4.78 is 5.90. The lowest BCUT2D eigenvalue weighted by molar-refractivity contribution is 0.300. The van der Waals surface area contributed by atoms with E-state index in [0.717, 1.165) is 40.7 Å². The summed E-state index contributed by atoms with van der Waals surface area (Å²) in [4.78, 5) is 4.56. The molecule has 0 saturated heterocycles. The molecule has 0 amide bonds. The normalized spacial score (nSPS) is 10.6. The smallest absolute Gasteiger partial charge is 0.142 e. The molecule has 4 heteroatoms. The average Bonchev–Trinajstić information content (AvgIpc) is 2.48. The number of halogens is 1. The van der Waals surface area contributed by atoms with Gasteiger partial charge in [-0.25, -0.2) is 0 Å². The van der Waals surface area contributed by atoms with Gasteiger partial charge in [-0.15, -0.1) is 0 Å². The predicted molar refractivity (Wildman–Crippen MR) is 86.8 cm³/mol. The molecule has 3 nitrogen and oxygen atoms in total. The Labute approximate surface area is 131 Å². The lowest BCUT2D eigenvalue weighted by Gasteiger charge is -2.13. The fourth-order valence-corrected chi connectivity index (χ4v) is 2.20. The van der Waals surface area contributed by atoms with Crippen molar-refractivity contribution in [1.29, 1.82) is 0 Å². The molecule has 0 aliphatic rings. The van der Waals surface area contributed by atoms with Gasteiger partial charge < -0.3 is 10.1 Å². The number of pyridine rings is 1. The quantitative estimate of drug-likeness (QED) is 0.781. The molecule has 0 aliphatic heterocycles. The predicted octanol–water partition coefficient (Wildman–Crippen LogP) is 4.12. The second-order valence-corrected chi connectivity index (χ2v) is 5.36. The van der Waals surface area contributed by atoms with E-state index in [1.54, 1.807) is 0 Å². The Morgan fingerprint density at radius 1 is 1.19 bits per heavy atom. The van der Waals surface area contributed by atoms with Gasteiger partial charge >= 0.3 is 0 Å². The van der Waals surface area contributed by atoms with Crippen molar-refractivity contribution in [2.75, 3.05) is 6.54 Å². The number of aryl methyl sites for hydroxylation is 1. The van der Waals surface area contributed by atoms with Crippen LogP contribution in [-0.4, -0.2) is 11.5 Å². The van der Waals surface area contributed by atoms with Crippen molar-refractivity contribution in [3.63, 3.8) is 0 Å². The maximum atomic E-state index is 6.15. The first-order valence-electron chi connectivity index (χ1n) is 7.24. The van der Waals surface area contributed by atoms with Gasteiger partial charge in [0, 0.05) is 22.8 Å². The Morgan fingerprint density at radius 3 is 2.76 bits per heavy atom. The molecule has 0 spiro atoms. The minimum atomic E-state index is 0.450. The van der Waals surface area contributed by atoms with E-state index in [1.165, 1.54) is 0 Å². The lowest BCUT2D eigenvalue weighted by atomic mass is 10.2. The van der Waals surface area contributed by atoms with Crippen molar-refractivity contribution in [2.24, 2.45) is 0 Å². The molecule has 2 aromatic rings. The van der Waals surface area contributed by atoms with Crippen molar-refractivity contribution < 1.29 is 4.74 Å². The van der Waals surface area contributed by atoms with E-state index in [1.807, 2.05) is 43.3 Å². The number of hydrogen-bond donors (Lipinski definition) is 1. The summed E-state index contributed by atoms with van der Waals surface area (Å²) in [6.07, 6.45) is 1.10. The van der Waals surface area contributed by atoms with Crippen LogP contribution < -0.4 is 10.1 Å². The highest BCUT2D eigenvalue weighted by molar-refractivity contribution is 6.31. The zero-order valence-electron chi connectivity index (χ0n) is 12.5. The summed E-state index contributed by atoms with van der Waals surface area (Å²) in [6.45, 7) is 6.27. The maximum absolute atomic E-state index is 6.15. The largest absolute Gasteiger partial charge is 0.487 e. The van der Waals surface area contributed by atoms with Crippen molar-refractivity contribution in [1.82, 2.24) is 10.3 Å². The molecule has 21 heavy (non-hydrogen) atoms. The summed E-state index contributed by atoms with van der Waals surface area (Å²) >= 11 is 6.15. The Kier molecular flexibility index (Phi) is 6.03. The van der Waals surface area contributed by atoms with Gasteiger partial charge in [0.05, 0.1) is 5.69 Å². The van der Waals surface area contributed by atoms with Crippen molar-refractivity contribution in [3.05, 3.63) is 58.4 Å². The Morgan fingerprint density at radius 2 is 2.00 bits per heavy atom. The number of rotatable bonds is 7. The van der Waals surface area contributed by atoms with E-state index in [9.17, 15) is 0 Å². The first-order chi connectivity index (χ1) is 10.2. The molecule has 1 N–H and O–H groups in total. The summed E-state index contributed by atoms with van der Waals surface area (Å²) in [7, 11) is 0. The summed E-state index contributed by atoms with van der Waals surface area (Å²) in [5, 5.41) is 4.09. The Hall–Kier alpha value is -1.58. The molecular formula is C17H21ClN2O. The zero-order valence-corrected chi connectivity index (χ0v) is 13.3. The van der Waals surface area contributed by atoms with Crippen LogP contribution >= 0.6 is 11.6 Å². The highest BCUT2D eigenvalue weighted by Gasteiger charge is 2.07. The third-order valence-electron chi connectivity index (χ3n) is 3.13. The second-order valence-electron chi connectivity index (χ2n) is 4.95. The van der Waals surface area contributed by atoms with Gasteiger partial charge in [-0.2, -0.15) is 0 Å². The van der Waals surface area contributed by atoms with Crippen LogP contribution in [0.3, 0.4) is 0 Å². The van der Waals surface area contributed by atoms with E-state index in [0.29, 0.717) is 13.2 Å². The van der Waals surface area contributed by atoms with E-state index in [-0.39, 0.29) is 0 Å². The molecule has 0 bridgehead atoms. The van der Waals surface area contributed by atoms with Gasteiger partial charge in [0.1, 0.15) is 12.4 Å². The highest BCUT2D eigenvalue weighted by Crippen LogP contribution is 2.21. The second kappa shape index (κ2) is 8.01. The summed E-state index contributed by atoms with van der Waals surface area (Å²) in [6, 6.07) is 11.7. The van der Waals surface area contributed by atoms with Gasteiger partial charge in [-0.05, 0) is 38.1 Å². The highest BCUT2D eigenvalue weighted by atomic mass is 35.5. The third-order valence-corrected chi connectivity index (χ3v) is 3.50. The number of nitrogens with one attached hydrogen (secondary N) is 1. The summed E-state index contributed by atoms with van der Waals surface area (Å²) in [5.41, 5.74) is 2.91. The van der Waals surface area contributed by atoms with E-state index in [4.69, 9.17) is 16.3 Å². The number of nitrogens with zero attached hydrogens (tertiary/aromatic N) is 1. The lowest BCUT2D eigenvalue weighted by Crippen LogP contribution is -2.16. The molecule has 0 unspecified atom stereocenters. The van der Waals surface area contributed by atoms with Gasteiger partial charge in [0.15, 0.2) is 0 Å². The van der Waals surface area contributed by atoms with Crippen LogP contribution in [0.15, 0.2) is 36.4 Å². The molecule has 1 aromatic carbocycles. The topological polar surface area (TPSA) is 34.2 Å². The van der Waals surface area contributed by atoms with Crippen LogP contribution in [0.25, 0.3) is 0 Å². The van der Waals surface area contributed by atoms with Crippen molar-refractivity contribution in [2.45, 2.75) is 33.4 Å². The molecule has 1 heterocycles. The molecule has 112 valence electrons. The van der Waals surface area contributed by atoms with Crippen LogP contribution in [0.5, 0.6) is 5.75 Å². The molecule has 0 atom stereocenters. The fraction of sp³-hybridized carbons (Fsp3) is 0.353. The molecule has 0 radical (unpaired) electrons. The average molecular weight is 305 g/mol. The molecule has 0 aliphatic carbocycles. The van der Waals surface area contributed by atoms with Gasteiger partial charge in [-0.3, -0.25) is 4.98 Å². The van der Waals surface area contributed by atoms with Crippen molar-refractivity contribution >= 4 is 11.6 Å². The number of hydrogen-bond acceptors (Lipinski definition) is 3. The first-order valence-corrected chi connectivity index (χ1v) is 7.62. The molecule has 2 rings (SSSR count). The van der Waals surface area contributed by atoms with Crippen LogP contribution in [0, 0.1) is 6.92 Å². The van der Waals surface area contributed by atoms with Gasteiger partial charge in [-0.1, -0.05) is 36.7 Å². The standard InChI is InChI=1S/C17H21ClN2O/c1-3-10-19-11-16-17(9-8-13(2)20-16)21-12-14-6-4-5-7-15(14)18/h4-9,19H,3,10-12H2,1-2H3. The third kappa shape index (κ3) is 4.73. The molecule has 1 aromatic heterocycles. The van der Waals surface area contributed by atoms with Crippen LogP contribution in [-0.2, 0) is 13.2 Å².